The fourth-order valence-corrected chi connectivity index (χ4v) is 5.15. The number of hydrogen-bond donors (Lipinski definition) is 0. The van der Waals surface area contributed by atoms with Crippen molar-refractivity contribution in [2.75, 3.05) is 19.6 Å². The molecule has 158 valence electrons. The van der Waals surface area contributed by atoms with E-state index in [1.165, 1.54) is 76.6 Å². The lowest BCUT2D eigenvalue weighted by Crippen LogP contribution is -2.35. The first-order valence-electron chi connectivity index (χ1n) is 11.9. The molecular formula is C24H41N3O. The van der Waals surface area contributed by atoms with Crippen LogP contribution >= 0.6 is 0 Å². The number of hydrogen-bond acceptors (Lipinski definition) is 3. The number of rotatable bonds is 10. The number of ketones is 1. The van der Waals surface area contributed by atoms with Crippen LogP contribution in [0.4, 0.5) is 0 Å². The zero-order valence-corrected chi connectivity index (χ0v) is 18.2. The molecule has 0 atom stereocenters. The van der Waals surface area contributed by atoms with Crippen LogP contribution in [-0.2, 0) is 17.8 Å². The number of aromatic nitrogens is 2. The Morgan fingerprint density at radius 3 is 2.43 bits per heavy atom. The first kappa shape index (κ1) is 21.5. The summed E-state index contributed by atoms with van der Waals surface area (Å²) in [6, 6.07) is 0. The predicted molar refractivity (Wildman–Crippen MR) is 115 cm³/mol. The second-order valence-electron chi connectivity index (χ2n) is 9.39. The molecule has 0 spiro atoms. The van der Waals surface area contributed by atoms with Crippen LogP contribution in [0, 0.1) is 17.8 Å². The average molecular weight is 388 g/mol. The van der Waals surface area contributed by atoms with E-state index in [1.54, 1.807) is 6.92 Å². The smallest absolute Gasteiger partial charge is 0.132 e. The Bertz CT molecular complexity index is 580. The number of Topliss-reactive ketones (excluding diaryl/α,β-unsaturated/α-hetero) is 1. The molecule has 1 aromatic heterocycles. The van der Waals surface area contributed by atoms with Crippen molar-refractivity contribution in [3.05, 3.63) is 18.0 Å². The first-order valence-corrected chi connectivity index (χ1v) is 11.9. The predicted octanol–water partition coefficient (Wildman–Crippen LogP) is 5.11. The molecule has 2 heterocycles. The van der Waals surface area contributed by atoms with Crippen molar-refractivity contribution < 1.29 is 4.79 Å². The van der Waals surface area contributed by atoms with Gasteiger partial charge in [-0.2, -0.15) is 5.10 Å². The van der Waals surface area contributed by atoms with Crippen molar-refractivity contribution in [2.24, 2.45) is 17.8 Å². The van der Waals surface area contributed by atoms with Crippen molar-refractivity contribution in [3.63, 3.8) is 0 Å². The molecule has 4 nitrogen and oxygen atoms in total. The summed E-state index contributed by atoms with van der Waals surface area (Å²) in [4.78, 5) is 14.1. The Kier molecular flexibility index (Phi) is 8.57. The fraction of sp³-hybridized carbons (Fsp3) is 0.833. The zero-order chi connectivity index (χ0) is 19.8. The van der Waals surface area contributed by atoms with Crippen LogP contribution in [0.5, 0.6) is 0 Å². The SMILES string of the molecule is CCc1cnn(CC2CCN(CCCCC[C@H]3CC[C@@H](C(C)=O)CC3)CC2)c1. The number of nitrogens with zero attached hydrogens (tertiary/aromatic N) is 3. The molecule has 2 fully saturated rings. The van der Waals surface area contributed by atoms with Gasteiger partial charge in [0.05, 0.1) is 6.20 Å². The van der Waals surface area contributed by atoms with E-state index in [4.69, 9.17) is 0 Å². The molecule has 0 bridgehead atoms. The minimum atomic E-state index is 0.376. The topological polar surface area (TPSA) is 38.1 Å². The Labute approximate surface area is 172 Å². The highest BCUT2D eigenvalue weighted by Crippen LogP contribution is 2.32. The Morgan fingerprint density at radius 2 is 1.79 bits per heavy atom. The largest absolute Gasteiger partial charge is 0.303 e. The number of piperidine rings is 1. The minimum Gasteiger partial charge on any atom is -0.303 e. The normalized spacial score (nSPS) is 24.5. The molecule has 1 saturated carbocycles. The van der Waals surface area contributed by atoms with E-state index in [0.29, 0.717) is 11.7 Å². The van der Waals surface area contributed by atoms with Gasteiger partial charge in [-0.15, -0.1) is 0 Å². The third-order valence-corrected chi connectivity index (χ3v) is 7.26. The van der Waals surface area contributed by atoms with Crippen molar-refractivity contribution in [2.45, 2.75) is 91.0 Å². The van der Waals surface area contributed by atoms with Gasteiger partial charge in [0, 0.05) is 18.7 Å². The summed E-state index contributed by atoms with van der Waals surface area (Å²) < 4.78 is 2.16. The highest BCUT2D eigenvalue weighted by Gasteiger charge is 2.23. The van der Waals surface area contributed by atoms with Crippen LogP contribution in [0.15, 0.2) is 12.4 Å². The highest BCUT2D eigenvalue weighted by molar-refractivity contribution is 5.78. The third-order valence-electron chi connectivity index (χ3n) is 7.26. The van der Waals surface area contributed by atoms with E-state index < -0.39 is 0 Å². The summed E-state index contributed by atoms with van der Waals surface area (Å²) in [5, 5.41) is 4.51. The van der Waals surface area contributed by atoms with Crippen molar-refractivity contribution in [3.8, 4) is 0 Å². The molecule has 1 aliphatic heterocycles. The number of unbranched alkanes of at least 4 members (excludes halogenated alkanes) is 2. The molecule has 0 N–H and O–H groups in total. The van der Waals surface area contributed by atoms with Gasteiger partial charge < -0.3 is 4.90 Å². The van der Waals surface area contributed by atoms with Crippen LogP contribution in [0.3, 0.4) is 0 Å². The molecule has 0 radical (unpaired) electrons. The van der Waals surface area contributed by atoms with E-state index in [1.807, 2.05) is 6.20 Å². The van der Waals surface area contributed by atoms with Gasteiger partial charge in [-0.3, -0.25) is 9.48 Å². The van der Waals surface area contributed by atoms with Gasteiger partial charge in [0.15, 0.2) is 0 Å². The van der Waals surface area contributed by atoms with Crippen molar-refractivity contribution in [1.29, 1.82) is 0 Å². The molecule has 2 aliphatic rings. The van der Waals surface area contributed by atoms with Gasteiger partial charge in [-0.1, -0.05) is 26.2 Å². The van der Waals surface area contributed by atoms with Crippen LogP contribution in [0.25, 0.3) is 0 Å². The highest BCUT2D eigenvalue weighted by atomic mass is 16.1. The molecule has 0 aromatic carbocycles. The molecule has 1 saturated heterocycles. The lowest BCUT2D eigenvalue weighted by Gasteiger charge is -2.32. The van der Waals surface area contributed by atoms with Crippen LogP contribution in [-0.4, -0.2) is 40.1 Å². The summed E-state index contributed by atoms with van der Waals surface area (Å²) in [5.41, 5.74) is 1.35. The lowest BCUT2D eigenvalue weighted by atomic mass is 9.78. The van der Waals surface area contributed by atoms with E-state index >= 15 is 0 Å². The Hall–Kier alpha value is -1.16. The van der Waals surface area contributed by atoms with Crippen LogP contribution < -0.4 is 0 Å². The van der Waals surface area contributed by atoms with Crippen molar-refractivity contribution in [1.82, 2.24) is 14.7 Å². The van der Waals surface area contributed by atoms with Gasteiger partial charge in [0.25, 0.3) is 0 Å². The van der Waals surface area contributed by atoms with Gasteiger partial charge >= 0.3 is 0 Å². The average Bonchev–Trinajstić information content (AvgIpc) is 3.17. The number of aryl methyl sites for hydroxylation is 1. The van der Waals surface area contributed by atoms with Crippen LogP contribution in [0.2, 0.25) is 0 Å². The molecule has 4 heteroatoms. The fourth-order valence-electron chi connectivity index (χ4n) is 5.15. The maximum Gasteiger partial charge on any atom is 0.132 e. The maximum atomic E-state index is 11.5. The summed E-state index contributed by atoms with van der Waals surface area (Å²) in [5.74, 6) is 2.48. The van der Waals surface area contributed by atoms with E-state index in [2.05, 4.69) is 27.8 Å². The Morgan fingerprint density at radius 1 is 1.04 bits per heavy atom. The second-order valence-corrected chi connectivity index (χ2v) is 9.39. The molecule has 1 aliphatic carbocycles. The summed E-state index contributed by atoms with van der Waals surface area (Å²) in [6.07, 6.45) is 18.3. The summed E-state index contributed by atoms with van der Waals surface area (Å²) >= 11 is 0. The second kappa shape index (κ2) is 11.1. The van der Waals surface area contributed by atoms with Gasteiger partial charge in [0.1, 0.15) is 5.78 Å². The molecule has 3 rings (SSSR count). The molecule has 0 unspecified atom stereocenters. The molecule has 1 aromatic rings. The zero-order valence-electron chi connectivity index (χ0n) is 18.2. The lowest BCUT2D eigenvalue weighted by molar-refractivity contribution is -0.121. The number of carbonyl (C=O) groups excluding carboxylic acids is 1. The van der Waals surface area contributed by atoms with Crippen LogP contribution in [0.1, 0.15) is 83.6 Å². The molecular weight excluding hydrogens is 346 g/mol. The monoisotopic (exact) mass is 387 g/mol. The van der Waals surface area contributed by atoms with Gasteiger partial charge in [0.2, 0.25) is 0 Å². The van der Waals surface area contributed by atoms with E-state index in [-0.39, 0.29) is 0 Å². The van der Waals surface area contributed by atoms with Crippen molar-refractivity contribution >= 4 is 5.78 Å². The molecule has 28 heavy (non-hydrogen) atoms. The summed E-state index contributed by atoms with van der Waals surface area (Å²) in [6.45, 7) is 8.88. The van der Waals surface area contributed by atoms with E-state index in [9.17, 15) is 4.79 Å². The standard InChI is InChI=1S/C24H41N3O/c1-3-21-17-25-27(18-21)19-23-12-15-26(16-13-23)14-6-4-5-7-22-8-10-24(11-9-22)20(2)28/h17-18,22-24H,3-16,19H2,1-2H3/t22-,24+. The minimum absolute atomic E-state index is 0.376. The van der Waals surface area contributed by atoms with Gasteiger partial charge in [-0.25, -0.2) is 0 Å². The maximum absolute atomic E-state index is 11.5. The number of likely N-dealkylation sites (tertiary alicyclic amines) is 1. The summed E-state index contributed by atoms with van der Waals surface area (Å²) in [7, 11) is 0. The first-order chi connectivity index (χ1) is 13.6. The molecule has 0 amide bonds. The van der Waals surface area contributed by atoms with Gasteiger partial charge in [-0.05, 0) is 95.3 Å². The number of carbonyl (C=O) groups is 1. The quantitative estimate of drug-likeness (QED) is 0.523. The van der Waals surface area contributed by atoms with E-state index in [0.717, 1.165) is 37.6 Å². The third kappa shape index (κ3) is 6.72. The Balaban J connectivity index is 1.21.